The lowest BCUT2D eigenvalue weighted by molar-refractivity contribution is 0.355. The third-order valence-corrected chi connectivity index (χ3v) is 3.01. The standard InChI is InChI=1S/C14H16N2O3/c1-16-11(6-5-10(15)14(16)17)9-4-7-12(18-2)13(8-9)19-3/h4-8H,15H2,1-3H3. The van der Waals surface area contributed by atoms with Gasteiger partial charge < -0.3 is 19.8 Å². The van der Waals surface area contributed by atoms with Crippen molar-refractivity contribution in [2.75, 3.05) is 20.0 Å². The van der Waals surface area contributed by atoms with Gasteiger partial charge in [-0.25, -0.2) is 0 Å². The van der Waals surface area contributed by atoms with Gasteiger partial charge in [-0.05, 0) is 30.3 Å². The molecule has 0 spiro atoms. The Bertz CT molecular complexity index is 662. The van der Waals surface area contributed by atoms with Gasteiger partial charge in [0.2, 0.25) is 0 Å². The lowest BCUT2D eigenvalue weighted by Gasteiger charge is -2.12. The molecule has 0 saturated carbocycles. The molecule has 0 radical (unpaired) electrons. The first-order valence-corrected chi connectivity index (χ1v) is 5.76. The molecule has 0 unspecified atom stereocenters. The van der Waals surface area contributed by atoms with E-state index in [0.29, 0.717) is 11.5 Å². The van der Waals surface area contributed by atoms with Gasteiger partial charge in [0, 0.05) is 12.6 Å². The minimum atomic E-state index is -0.215. The second-order valence-electron chi connectivity index (χ2n) is 4.11. The van der Waals surface area contributed by atoms with Crippen LogP contribution in [-0.4, -0.2) is 18.8 Å². The summed E-state index contributed by atoms with van der Waals surface area (Å²) in [5.41, 5.74) is 7.23. The molecule has 0 atom stereocenters. The van der Waals surface area contributed by atoms with Crippen LogP contribution in [0.4, 0.5) is 5.69 Å². The number of ether oxygens (including phenoxy) is 2. The Morgan fingerprint density at radius 1 is 1.05 bits per heavy atom. The fraction of sp³-hybridized carbons (Fsp3) is 0.214. The zero-order chi connectivity index (χ0) is 14.0. The number of rotatable bonds is 3. The molecular weight excluding hydrogens is 244 g/mol. The Labute approximate surface area is 111 Å². The summed E-state index contributed by atoms with van der Waals surface area (Å²) >= 11 is 0. The van der Waals surface area contributed by atoms with Crippen LogP contribution in [0.5, 0.6) is 11.5 Å². The van der Waals surface area contributed by atoms with E-state index in [9.17, 15) is 4.79 Å². The molecule has 5 nitrogen and oxygen atoms in total. The van der Waals surface area contributed by atoms with E-state index in [0.717, 1.165) is 11.3 Å². The van der Waals surface area contributed by atoms with Crippen molar-refractivity contribution in [3.8, 4) is 22.8 Å². The van der Waals surface area contributed by atoms with Gasteiger partial charge in [0.05, 0.1) is 25.6 Å². The molecule has 1 aromatic heterocycles. The van der Waals surface area contributed by atoms with E-state index in [4.69, 9.17) is 15.2 Å². The second kappa shape index (κ2) is 5.06. The monoisotopic (exact) mass is 260 g/mol. The minimum absolute atomic E-state index is 0.215. The van der Waals surface area contributed by atoms with Crippen molar-refractivity contribution < 1.29 is 9.47 Å². The van der Waals surface area contributed by atoms with Gasteiger partial charge in [-0.3, -0.25) is 4.79 Å². The van der Waals surface area contributed by atoms with Crippen LogP contribution in [0.15, 0.2) is 35.1 Å². The second-order valence-corrected chi connectivity index (χ2v) is 4.11. The van der Waals surface area contributed by atoms with Crippen molar-refractivity contribution in [2.45, 2.75) is 0 Å². The molecule has 2 rings (SSSR count). The normalized spacial score (nSPS) is 10.3. The molecule has 100 valence electrons. The number of nitrogens with zero attached hydrogens (tertiary/aromatic N) is 1. The van der Waals surface area contributed by atoms with Gasteiger partial charge in [-0.1, -0.05) is 0 Å². The van der Waals surface area contributed by atoms with Crippen LogP contribution in [0.2, 0.25) is 0 Å². The Balaban J connectivity index is 2.60. The molecule has 0 fully saturated rings. The van der Waals surface area contributed by atoms with Crippen molar-refractivity contribution in [1.29, 1.82) is 0 Å². The van der Waals surface area contributed by atoms with Crippen LogP contribution >= 0.6 is 0 Å². The predicted octanol–water partition coefficient (Wildman–Crippen LogP) is 1.65. The Morgan fingerprint density at radius 3 is 2.37 bits per heavy atom. The van der Waals surface area contributed by atoms with Crippen molar-refractivity contribution in [2.24, 2.45) is 7.05 Å². The van der Waals surface area contributed by atoms with E-state index in [2.05, 4.69) is 0 Å². The number of benzene rings is 1. The molecule has 5 heteroatoms. The van der Waals surface area contributed by atoms with Crippen LogP contribution in [0, 0.1) is 0 Å². The highest BCUT2D eigenvalue weighted by atomic mass is 16.5. The highest BCUT2D eigenvalue weighted by molar-refractivity contribution is 5.65. The van der Waals surface area contributed by atoms with Gasteiger partial charge in [-0.15, -0.1) is 0 Å². The summed E-state index contributed by atoms with van der Waals surface area (Å²) in [7, 11) is 4.84. The maximum absolute atomic E-state index is 11.8. The molecule has 19 heavy (non-hydrogen) atoms. The smallest absolute Gasteiger partial charge is 0.273 e. The number of hydrogen-bond acceptors (Lipinski definition) is 4. The van der Waals surface area contributed by atoms with Crippen molar-refractivity contribution in [1.82, 2.24) is 4.57 Å². The van der Waals surface area contributed by atoms with E-state index >= 15 is 0 Å². The van der Waals surface area contributed by atoms with Gasteiger partial charge in [0.25, 0.3) is 5.56 Å². The lowest BCUT2D eigenvalue weighted by atomic mass is 10.1. The van der Waals surface area contributed by atoms with Gasteiger partial charge in [0.1, 0.15) is 0 Å². The quantitative estimate of drug-likeness (QED) is 0.911. The average Bonchev–Trinajstić information content (AvgIpc) is 2.44. The number of hydrogen-bond donors (Lipinski definition) is 1. The third-order valence-electron chi connectivity index (χ3n) is 3.01. The fourth-order valence-corrected chi connectivity index (χ4v) is 1.94. The molecular formula is C14H16N2O3. The SMILES string of the molecule is COc1ccc(-c2ccc(N)c(=O)n2C)cc1OC. The van der Waals surface area contributed by atoms with E-state index in [-0.39, 0.29) is 11.2 Å². The number of aromatic nitrogens is 1. The van der Waals surface area contributed by atoms with Crippen molar-refractivity contribution in [3.05, 3.63) is 40.7 Å². The maximum atomic E-state index is 11.8. The first-order valence-electron chi connectivity index (χ1n) is 5.76. The summed E-state index contributed by atoms with van der Waals surface area (Å²) in [6.45, 7) is 0. The van der Waals surface area contributed by atoms with Crippen LogP contribution in [0.25, 0.3) is 11.3 Å². The van der Waals surface area contributed by atoms with E-state index < -0.39 is 0 Å². The zero-order valence-corrected chi connectivity index (χ0v) is 11.1. The number of nitrogen functional groups attached to an aromatic ring is 1. The summed E-state index contributed by atoms with van der Waals surface area (Å²) in [4.78, 5) is 11.8. The van der Waals surface area contributed by atoms with Crippen LogP contribution in [0.3, 0.4) is 0 Å². The first kappa shape index (κ1) is 13.0. The van der Waals surface area contributed by atoms with Crippen molar-refractivity contribution >= 4 is 5.69 Å². The number of nitrogens with two attached hydrogens (primary N) is 1. The molecule has 0 aliphatic heterocycles. The van der Waals surface area contributed by atoms with Crippen LogP contribution in [0.1, 0.15) is 0 Å². The van der Waals surface area contributed by atoms with Gasteiger partial charge in [0.15, 0.2) is 11.5 Å². The Kier molecular flexibility index (Phi) is 3.46. The fourth-order valence-electron chi connectivity index (χ4n) is 1.94. The number of anilines is 1. The summed E-state index contributed by atoms with van der Waals surface area (Å²) in [6.07, 6.45) is 0. The van der Waals surface area contributed by atoms with E-state index in [1.165, 1.54) is 4.57 Å². The summed E-state index contributed by atoms with van der Waals surface area (Å²) in [6, 6.07) is 8.90. The van der Waals surface area contributed by atoms with E-state index in [1.54, 1.807) is 39.5 Å². The summed E-state index contributed by atoms with van der Waals surface area (Å²) < 4.78 is 12.0. The molecule has 1 heterocycles. The summed E-state index contributed by atoms with van der Waals surface area (Å²) in [5.74, 6) is 1.26. The maximum Gasteiger partial charge on any atom is 0.273 e. The Hall–Kier alpha value is -2.43. The molecule has 2 N–H and O–H groups in total. The molecule has 1 aromatic carbocycles. The van der Waals surface area contributed by atoms with Crippen LogP contribution in [-0.2, 0) is 7.05 Å². The van der Waals surface area contributed by atoms with Crippen LogP contribution < -0.4 is 20.8 Å². The van der Waals surface area contributed by atoms with Gasteiger partial charge >= 0.3 is 0 Å². The van der Waals surface area contributed by atoms with Crippen molar-refractivity contribution in [3.63, 3.8) is 0 Å². The van der Waals surface area contributed by atoms with Gasteiger partial charge in [-0.2, -0.15) is 0 Å². The third kappa shape index (κ3) is 2.27. The number of methoxy groups -OCH3 is 2. The minimum Gasteiger partial charge on any atom is -0.493 e. The zero-order valence-electron chi connectivity index (χ0n) is 11.1. The average molecular weight is 260 g/mol. The molecule has 2 aromatic rings. The van der Waals surface area contributed by atoms with E-state index in [1.807, 2.05) is 12.1 Å². The number of pyridine rings is 1. The summed E-state index contributed by atoms with van der Waals surface area (Å²) in [5, 5.41) is 0. The highest BCUT2D eigenvalue weighted by Gasteiger charge is 2.09. The highest BCUT2D eigenvalue weighted by Crippen LogP contribution is 2.31. The molecule has 0 aliphatic carbocycles. The predicted molar refractivity (Wildman–Crippen MR) is 74.6 cm³/mol. The lowest BCUT2D eigenvalue weighted by Crippen LogP contribution is -2.21. The largest absolute Gasteiger partial charge is 0.493 e. The Morgan fingerprint density at radius 2 is 1.74 bits per heavy atom. The molecule has 0 amide bonds. The molecule has 0 saturated heterocycles. The molecule has 0 aliphatic rings. The molecule has 0 bridgehead atoms. The topological polar surface area (TPSA) is 66.5 Å². The first-order chi connectivity index (χ1) is 9.08.